The molecule has 0 saturated carbocycles. The Morgan fingerprint density at radius 2 is 2.06 bits per heavy atom. The van der Waals surface area contributed by atoms with E-state index < -0.39 is 16.8 Å². The van der Waals surface area contributed by atoms with E-state index in [4.69, 9.17) is 9.47 Å². The molecule has 2 aliphatic rings. The first-order valence-corrected chi connectivity index (χ1v) is 11.5. The maximum absolute atomic E-state index is 13.5. The molecule has 1 aromatic carbocycles. The molecule has 172 valence electrons. The Hall–Kier alpha value is -3.30. The van der Waals surface area contributed by atoms with Crippen LogP contribution in [0.2, 0.25) is 0 Å². The summed E-state index contributed by atoms with van der Waals surface area (Å²) >= 11 is 1.62. The Balaban J connectivity index is 1.79. The molecule has 1 N–H and O–H groups in total. The lowest BCUT2D eigenvalue weighted by atomic mass is 9.72. The number of hydrogen-bond acceptors (Lipinski definition) is 8. The van der Waals surface area contributed by atoms with Crippen molar-refractivity contribution in [1.82, 2.24) is 5.32 Å². The van der Waals surface area contributed by atoms with Gasteiger partial charge < -0.3 is 14.8 Å². The number of nitrogens with one attached hydrogen (secondary N) is 1. The summed E-state index contributed by atoms with van der Waals surface area (Å²) in [5.41, 5.74) is 2.51. The van der Waals surface area contributed by atoms with Gasteiger partial charge in [0, 0.05) is 59.3 Å². The average Bonchev–Trinajstić information content (AvgIpc) is 3.33. The van der Waals surface area contributed by atoms with Crippen molar-refractivity contribution in [2.24, 2.45) is 0 Å². The second-order valence-corrected chi connectivity index (χ2v) is 8.99. The predicted molar refractivity (Wildman–Crippen MR) is 123 cm³/mol. The van der Waals surface area contributed by atoms with Crippen LogP contribution in [0.5, 0.6) is 0 Å². The average molecular weight is 469 g/mol. The van der Waals surface area contributed by atoms with Crippen LogP contribution in [0.3, 0.4) is 0 Å². The molecule has 0 saturated heterocycles. The van der Waals surface area contributed by atoms with E-state index in [0.717, 1.165) is 10.6 Å². The molecule has 0 bridgehead atoms. The smallest absolute Gasteiger partial charge is 0.336 e. The number of Topliss-reactive ketones (excluding diaryl/α,β-unsaturated/α-hetero) is 1. The van der Waals surface area contributed by atoms with Crippen molar-refractivity contribution in [1.29, 1.82) is 0 Å². The number of dihydropyridines is 1. The number of nitro benzene ring substituents is 1. The molecular weight excluding hydrogens is 444 g/mol. The van der Waals surface area contributed by atoms with Crippen molar-refractivity contribution >= 4 is 28.8 Å². The first-order valence-electron chi connectivity index (χ1n) is 10.6. The van der Waals surface area contributed by atoms with Gasteiger partial charge in [0.1, 0.15) is 6.61 Å². The van der Waals surface area contributed by atoms with Gasteiger partial charge in [0.05, 0.1) is 17.1 Å². The molecule has 2 aromatic rings. The van der Waals surface area contributed by atoms with Crippen molar-refractivity contribution in [3.63, 3.8) is 0 Å². The van der Waals surface area contributed by atoms with Gasteiger partial charge >= 0.3 is 5.97 Å². The fourth-order valence-corrected chi connectivity index (χ4v) is 5.31. The Kier molecular flexibility index (Phi) is 6.71. The van der Waals surface area contributed by atoms with Gasteiger partial charge in [-0.25, -0.2) is 4.79 Å². The summed E-state index contributed by atoms with van der Waals surface area (Å²) in [7, 11) is 1.51. The minimum atomic E-state index is -0.743. The summed E-state index contributed by atoms with van der Waals surface area (Å²) in [4.78, 5) is 38.6. The van der Waals surface area contributed by atoms with Crippen LogP contribution in [0.25, 0.3) is 0 Å². The number of carbonyl (C=O) groups excluding carboxylic acids is 2. The summed E-state index contributed by atoms with van der Waals surface area (Å²) in [5.74, 6) is -1.34. The second kappa shape index (κ2) is 9.68. The van der Waals surface area contributed by atoms with Crippen molar-refractivity contribution in [3.8, 4) is 0 Å². The van der Waals surface area contributed by atoms with Crippen molar-refractivity contribution in [2.75, 3.05) is 20.3 Å². The summed E-state index contributed by atoms with van der Waals surface area (Å²) in [6.07, 6.45) is 0.938. The maximum Gasteiger partial charge on any atom is 0.336 e. The molecule has 1 aliphatic carbocycles. The molecule has 9 heteroatoms. The summed E-state index contributed by atoms with van der Waals surface area (Å²) < 4.78 is 10.4. The standard InChI is InChI=1S/C24H24N2O6S/c1-14-21(24(28)32-9-8-31-2)22(15-5-3-6-17(11-15)26(29)30)23-18(25-14)12-16(13-19(23)27)20-7-4-10-33-20/h3-7,10-11,16,22,25H,8-9,12-13H2,1-2H3/t16-,22+/m1/s1. The van der Waals surface area contributed by atoms with E-state index in [-0.39, 0.29) is 36.2 Å². The normalized spacial score (nSPS) is 20.4. The van der Waals surface area contributed by atoms with Crippen LogP contribution in [0.4, 0.5) is 5.69 Å². The van der Waals surface area contributed by atoms with Crippen LogP contribution >= 0.6 is 11.3 Å². The van der Waals surface area contributed by atoms with E-state index in [9.17, 15) is 19.7 Å². The number of allylic oxidation sites excluding steroid dienone is 3. The van der Waals surface area contributed by atoms with Gasteiger partial charge in [0.15, 0.2) is 5.78 Å². The van der Waals surface area contributed by atoms with E-state index in [1.165, 1.54) is 19.2 Å². The number of benzene rings is 1. The second-order valence-electron chi connectivity index (χ2n) is 8.01. The fraction of sp³-hybridized carbons (Fsp3) is 0.333. The number of nitrogens with zero attached hydrogens (tertiary/aromatic N) is 1. The Labute approximate surface area is 195 Å². The molecule has 0 radical (unpaired) electrons. The lowest BCUT2D eigenvalue weighted by molar-refractivity contribution is -0.384. The van der Waals surface area contributed by atoms with Gasteiger partial charge in [-0.05, 0) is 30.4 Å². The third-order valence-corrected chi connectivity index (χ3v) is 6.96. The first-order chi connectivity index (χ1) is 15.9. The molecule has 33 heavy (non-hydrogen) atoms. The van der Waals surface area contributed by atoms with Crippen LogP contribution in [-0.2, 0) is 19.1 Å². The molecule has 1 aliphatic heterocycles. The third-order valence-electron chi connectivity index (χ3n) is 5.93. The molecule has 0 spiro atoms. The molecule has 2 atom stereocenters. The van der Waals surface area contributed by atoms with Crippen molar-refractivity contribution in [2.45, 2.75) is 31.6 Å². The zero-order valence-corrected chi connectivity index (χ0v) is 19.1. The first kappa shape index (κ1) is 22.9. The Bertz CT molecular complexity index is 1150. The number of rotatable bonds is 7. The number of thiophene rings is 1. The van der Waals surface area contributed by atoms with Gasteiger partial charge in [0.25, 0.3) is 5.69 Å². The summed E-state index contributed by atoms with van der Waals surface area (Å²) in [5, 5.41) is 16.7. The van der Waals surface area contributed by atoms with Crippen LogP contribution in [0.1, 0.15) is 42.0 Å². The molecular formula is C24H24N2O6S. The summed E-state index contributed by atoms with van der Waals surface area (Å²) in [6.45, 7) is 2.07. The molecule has 0 fully saturated rings. The van der Waals surface area contributed by atoms with Crippen molar-refractivity contribution < 1.29 is 24.0 Å². The highest BCUT2D eigenvalue weighted by Crippen LogP contribution is 2.46. The summed E-state index contributed by atoms with van der Waals surface area (Å²) in [6, 6.07) is 10.1. The number of nitro groups is 1. The van der Waals surface area contributed by atoms with E-state index >= 15 is 0 Å². The molecule has 2 heterocycles. The zero-order chi connectivity index (χ0) is 23.5. The molecule has 0 amide bonds. The Morgan fingerprint density at radius 1 is 1.24 bits per heavy atom. The van der Waals surface area contributed by atoms with Gasteiger partial charge in [-0.15, -0.1) is 11.3 Å². The number of methoxy groups -OCH3 is 1. The van der Waals surface area contributed by atoms with E-state index in [1.54, 1.807) is 30.4 Å². The maximum atomic E-state index is 13.5. The van der Waals surface area contributed by atoms with Crippen LogP contribution in [0, 0.1) is 10.1 Å². The predicted octanol–water partition coefficient (Wildman–Crippen LogP) is 4.21. The Morgan fingerprint density at radius 3 is 2.76 bits per heavy atom. The van der Waals surface area contributed by atoms with Crippen LogP contribution < -0.4 is 5.32 Å². The minimum Gasteiger partial charge on any atom is -0.460 e. The van der Waals surface area contributed by atoms with E-state index in [2.05, 4.69) is 5.32 Å². The number of non-ortho nitro benzene ring substituents is 1. The highest BCUT2D eigenvalue weighted by Gasteiger charge is 2.41. The van der Waals surface area contributed by atoms with E-state index in [1.807, 2.05) is 17.5 Å². The van der Waals surface area contributed by atoms with Gasteiger partial charge in [0.2, 0.25) is 0 Å². The van der Waals surface area contributed by atoms with Crippen LogP contribution in [-0.4, -0.2) is 37.0 Å². The number of carbonyl (C=O) groups is 2. The van der Waals surface area contributed by atoms with E-state index in [0.29, 0.717) is 29.7 Å². The lowest BCUT2D eigenvalue weighted by Gasteiger charge is -2.36. The van der Waals surface area contributed by atoms with Gasteiger partial charge in [-0.1, -0.05) is 18.2 Å². The highest BCUT2D eigenvalue weighted by atomic mass is 32.1. The largest absolute Gasteiger partial charge is 0.460 e. The lowest BCUT2D eigenvalue weighted by Crippen LogP contribution is -2.36. The fourth-order valence-electron chi connectivity index (χ4n) is 4.48. The molecule has 1 aromatic heterocycles. The number of ether oxygens (including phenoxy) is 2. The molecule has 0 unspecified atom stereocenters. The van der Waals surface area contributed by atoms with Gasteiger partial charge in [-0.3, -0.25) is 14.9 Å². The monoisotopic (exact) mass is 468 g/mol. The van der Waals surface area contributed by atoms with Crippen LogP contribution in [0.15, 0.2) is 64.3 Å². The molecule has 4 rings (SSSR count). The zero-order valence-electron chi connectivity index (χ0n) is 18.3. The van der Waals surface area contributed by atoms with Crippen molar-refractivity contribution in [3.05, 3.63) is 84.9 Å². The topological polar surface area (TPSA) is 108 Å². The SMILES string of the molecule is COCCOC(=O)C1=C(C)NC2=C(C(=O)C[C@H](c3cccs3)C2)[C@H]1c1cccc([N+](=O)[O-])c1. The molecule has 8 nitrogen and oxygen atoms in total. The number of ketones is 1. The number of hydrogen-bond donors (Lipinski definition) is 1. The quantitative estimate of drug-likeness (QED) is 0.281. The minimum absolute atomic E-state index is 0.0533. The van der Waals surface area contributed by atoms with Gasteiger partial charge in [-0.2, -0.15) is 0 Å². The number of esters is 1. The highest BCUT2D eigenvalue weighted by molar-refractivity contribution is 7.10. The third kappa shape index (κ3) is 4.60.